The minimum absolute atomic E-state index is 0.297. The maximum absolute atomic E-state index is 11.7. The van der Waals surface area contributed by atoms with Crippen LogP contribution in [0.4, 0.5) is 0 Å². The van der Waals surface area contributed by atoms with Crippen molar-refractivity contribution in [3.63, 3.8) is 0 Å². The van der Waals surface area contributed by atoms with Crippen molar-refractivity contribution in [2.24, 2.45) is 0 Å². The van der Waals surface area contributed by atoms with Gasteiger partial charge in [0, 0.05) is 24.3 Å². The first-order valence-corrected chi connectivity index (χ1v) is 6.83. The summed E-state index contributed by atoms with van der Waals surface area (Å²) in [6.45, 7) is 7.12. The highest BCUT2D eigenvalue weighted by molar-refractivity contribution is 7.16. The van der Waals surface area contributed by atoms with Gasteiger partial charge in [0.2, 0.25) is 0 Å². The number of rotatable bonds is 7. The molecule has 1 rings (SSSR count). The second kappa shape index (κ2) is 7.05. The Hall–Kier alpha value is -0.380. The van der Waals surface area contributed by atoms with Crippen LogP contribution >= 0.6 is 22.9 Å². The third-order valence-corrected chi connectivity index (χ3v) is 3.83. The molecule has 0 aliphatic heterocycles. The summed E-state index contributed by atoms with van der Waals surface area (Å²) in [5, 5.41) is 0. The molecule has 0 spiro atoms. The standard InChI is InChI=1S/C12H18ClNOS/c1-3-14(4-2)8-7-10(15)9-11-5-6-12(13)16-11/h5-6H,3-4,7-9H2,1-2H3. The maximum Gasteiger partial charge on any atom is 0.139 e. The summed E-state index contributed by atoms with van der Waals surface area (Å²) in [6.07, 6.45) is 1.16. The lowest BCUT2D eigenvalue weighted by atomic mass is 10.2. The van der Waals surface area contributed by atoms with Crippen molar-refractivity contribution in [1.82, 2.24) is 4.90 Å². The SMILES string of the molecule is CCN(CC)CCC(=O)Cc1ccc(Cl)s1. The molecule has 2 nitrogen and oxygen atoms in total. The zero-order chi connectivity index (χ0) is 12.0. The summed E-state index contributed by atoms with van der Waals surface area (Å²) in [4.78, 5) is 15.0. The van der Waals surface area contributed by atoms with Crippen LogP contribution in [0.5, 0.6) is 0 Å². The maximum atomic E-state index is 11.7. The minimum atomic E-state index is 0.297. The average Bonchev–Trinajstić information content (AvgIpc) is 2.65. The number of nitrogens with zero attached hydrogens (tertiary/aromatic N) is 1. The van der Waals surface area contributed by atoms with Crippen molar-refractivity contribution in [2.45, 2.75) is 26.7 Å². The fraction of sp³-hybridized carbons (Fsp3) is 0.583. The molecule has 0 radical (unpaired) electrons. The van der Waals surface area contributed by atoms with Gasteiger partial charge >= 0.3 is 0 Å². The number of carbonyl (C=O) groups excluding carboxylic acids is 1. The molecule has 1 aromatic heterocycles. The summed E-state index contributed by atoms with van der Waals surface area (Å²) < 4.78 is 0.756. The molecule has 0 saturated carbocycles. The Morgan fingerprint density at radius 2 is 2.06 bits per heavy atom. The van der Waals surface area contributed by atoms with Crippen LogP contribution in [0.3, 0.4) is 0 Å². The number of ketones is 1. The summed E-state index contributed by atoms with van der Waals surface area (Å²) in [7, 11) is 0. The van der Waals surface area contributed by atoms with Gasteiger partial charge in [0.15, 0.2) is 0 Å². The topological polar surface area (TPSA) is 20.3 Å². The van der Waals surface area contributed by atoms with Gasteiger partial charge in [0.25, 0.3) is 0 Å². The van der Waals surface area contributed by atoms with Gasteiger partial charge in [-0.2, -0.15) is 0 Å². The Bertz CT molecular complexity index is 334. The van der Waals surface area contributed by atoms with Crippen molar-refractivity contribution < 1.29 is 4.79 Å². The molecule has 0 saturated heterocycles. The molecule has 1 heterocycles. The first kappa shape index (κ1) is 13.7. The molecule has 1 aromatic rings. The molecule has 0 N–H and O–H groups in total. The Morgan fingerprint density at radius 3 is 2.56 bits per heavy atom. The van der Waals surface area contributed by atoms with E-state index in [1.165, 1.54) is 11.3 Å². The molecule has 4 heteroatoms. The molecule has 0 aliphatic rings. The van der Waals surface area contributed by atoms with E-state index in [1.807, 2.05) is 12.1 Å². The van der Waals surface area contributed by atoms with E-state index in [4.69, 9.17) is 11.6 Å². The number of Topliss-reactive ketones (excluding diaryl/α,β-unsaturated/α-hetero) is 1. The van der Waals surface area contributed by atoms with Crippen LogP contribution in [-0.2, 0) is 11.2 Å². The highest BCUT2D eigenvalue weighted by atomic mass is 35.5. The monoisotopic (exact) mass is 259 g/mol. The lowest BCUT2D eigenvalue weighted by molar-refractivity contribution is -0.118. The van der Waals surface area contributed by atoms with Gasteiger partial charge in [-0.1, -0.05) is 25.4 Å². The Labute approximate surface area is 106 Å². The van der Waals surface area contributed by atoms with E-state index < -0.39 is 0 Å². The van der Waals surface area contributed by atoms with Crippen LogP contribution in [0.15, 0.2) is 12.1 Å². The van der Waals surface area contributed by atoms with E-state index in [-0.39, 0.29) is 0 Å². The van der Waals surface area contributed by atoms with Crippen LogP contribution < -0.4 is 0 Å². The number of hydrogen-bond acceptors (Lipinski definition) is 3. The Morgan fingerprint density at radius 1 is 1.38 bits per heavy atom. The minimum Gasteiger partial charge on any atom is -0.303 e. The van der Waals surface area contributed by atoms with Crippen LogP contribution in [0.2, 0.25) is 4.34 Å². The quantitative estimate of drug-likeness (QED) is 0.749. The number of halogens is 1. The van der Waals surface area contributed by atoms with Gasteiger partial charge in [0.05, 0.1) is 4.34 Å². The smallest absolute Gasteiger partial charge is 0.139 e. The predicted octanol–water partition coefficient (Wildman–Crippen LogP) is 3.25. The van der Waals surface area contributed by atoms with Crippen molar-refractivity contribution >= 4 is 28.7 Å². The molecule has 0 aromatic carbocycles. The normalized spacial score (nSPS) is 11.0. The summed E-state index contributed by atoms with van der Waals surface area (Å²) in [6, 6.07) is 3.78. The van der Waals surface area contributed by atoms with E-state index in [2.05, 4.69) is 18.7 Å². The van der Waals surface area contributed by atoms with E-state index in [0.29, 0.717) is 18.6 Å². The van der Waals surface area contributed by atoms with Crippen LogP contribution in [0.25, 0.3) is 0 Å². The van der Waals surface area contributed by atoms with Gasteiger partial charge in [-0.25, -0.2) is 0 Å². The molecule has 0 fully saturated rings. The molecular formula is C12H18ClNOS. The van der Waals surface area contributed by atoms with Crippen molar-refractivity contribution in [3.8, 4) is 0 Å². The second-order valence-corrected chi connectivity index (χ2v) is 5.50. The third-order valence-electron chi connectivity index (χ3n) is 2.60. The average molecular weight is 260 g/mol. The van der Waals surface area contributed by atoms with Crippen molar-refractivity contribution in [2.75, 3.05) is 19.6 Å². The number of thiophene rings is 1. The molecule has 0 atom stereocenters. The van der Waals surface area contributed by atoms with Gasteiger partial charge in [-0.05, 0) is 25.2 Å². The van der Waals surface area contributed by atoms with Gasteiger partial charge in [-0.3, -0.25) is 4.79 Å². The van der Waals surface area contributed by atoms with Crippen molar-refractivity contribution in [3.05, 3.63) is 21.3 Å². The Kier molecular flexibility index (Phi) is 6.03. The zero-order valence-electron chi connectivity index (χ0n) is 9.83. The molecule has 0 unspecified atom stereocenters. The third kappa shape index (κ3) is 4.64. The lowest BCUT2D eigenvalue weighted by Crippen LogP contribution is -2.26. The van der Waals surface area contributed by atoms with E-state index in [0.717, 1.165) is 28.8 Å². The lowest BCUT2D eigenvalue weighted by Gasteiger charge is -2.16. The molecule has 0 amide bonds. The van der Waals surface area contributed by atoms with E-state index in [1.54, 1.807) is 0 Å². The second-order valence-electron chi connectivity index (χ2n) is 3.70. The summed E-state index contributed by atoms with van der Waals surface area (Å²) in [5.41, 5.74) is 0. The Balaban J connectivity index is 2.31. The fourth-order valence-corrected chi connectivity index (χ4v) is 2.67. The van der Waals surface area contributed by atoms with Gasteiger partial charge in [0.1, 0.15) is 5.78 Å². The molecule has 90 valence electrons. The molecule has 16 heavy (non-hydrogen) atoms. The van der Waals surface area contributed by atoms with E-state index in [9.17, 15) is 4.79 Å². The van der Waals surface area contributed by atoms with Crippen LogP contribution in [-0.4, -0.2) is 30.3 Å². The fourth-order valence-electron chi connectivity index (χ4n) is 1.55. The zero-order valence-corrected chi connectivity index (χ0v) is 11.4. The molecular weight excluding hydrogens is 242 g/mol. The predicted molar refractivity (Wildman–Crippen MR) is 70.4 cm³/mol. The van der Waals surface area contributed by atoms with Gasteiger partial charge in [-0.15, -0.1) is 11.3 Å². The first-order valence-electron chi connectivity index (χ1n) is 5.64. The number of hydrogen-bond donors (Lipinski definition) is 0. The van der Waals surface area contributed by atoms with E-state index >= 15 is 0 Å². The highest BCUT2D eigenvalue weighted by Gasteiger charge is 2.08. The van der Waals surface area contributed by atoms with Crippen LogP contribution in [0, 0.1) is 0 Å². The summed E-state index contributed by atoms with van der Waals surface area (Å²) in [5.74, 6) is 0.297. The highest BCUT2D eigenvalue weighted by Crippen LogP contribution is 2.22. The number of carbonyl (C=O) groups is 1. The first-order chi connectivity index (χ1) is 7.65. The van der Waals surface area contributed by atoms with Crippen LogP contribution in [0.1, 0.15) is 25.1 Å². The largest absolute Gasteiger partial charge is 0.303 e. The van der Waals surface area contributed by atoms with Gasteiger partial charge < -0.3 is 4.90 Å². The molecule has 0 bridgehead atoms. The molecule has 0 aliphatic carbocycles. The summed E-state index contributed by atoms with van der Waals surface area (Å²) >= 11 is 7.31. The van der Waals surface area contributed by atoms with Crippen molar-refractivity contribution in [1.29, 1.82) is 0 Å².